The second-order valence-electron chi connectivity index (χ2n) is 24.8. The Morgan fingerprint density at radius 3 is 0.880 bits per heavy atom. The topological polar surface area (TPSA) is 237 Å². The maximum absolute atomic E-state index is 13.1. The molecule has 17 nitrogen and oxygen atoms in total. The van der Waals surface area contributed by atoms with Crippen LogP contribution in [0.4, 0.5) is 0 Å². The van der Waals surface area contributed by atoms with Gasteiger partial charge in [-0.3, -0.25) is 37.3 Å². The molecule has 3 N–H and O–H groups in total. The molecule has 0 fully saturated rings. The summed E-state index contributed by atoms with van der Waals surface area (Å²) < 4.78 is 68.4. The molecule has 19 heteroatoms. The first kappa shape index (κ1) is 94.9. The van der Waals surface area contributed by atoms with E-state index in [9.17, 15) is 43.2 Å². The van der Waals surface area contributed by atoms with Crippen molar-refractivity contribution in [3.8, 4) is 0 Å². The molecule has 0 saturated heterocycles. The van der Waals surface area contributed by atoms with Crippen LogP contribution in [0.5, 0.6) is 0 Å². The first-order valence-corrected chi connectivity index (χ1v) is 41.1. The van der Waals surface area contributed by atoms with Crippen LogP contribution in [0.25, 0.3) is 0 Å². The number of allylic oxidation sites excluding steroid dienone is 24. The van der Waals surface area contributed by atoms with Crippen molar-refractivity contribution in [2.45, 2.75) is 303 Å². The Kier molecular flexibility index (Phi) is 68.6. The molecule has 0 saturated carbocycles. The van der Waals surface area contributed by atoms with E-state index in [1.54, 1.807) is 0 Å². The van der Waals surface area contributed by atoms with Crippen LogP contribution >= 0.6 is 15.6 Å². The van der Waals surface area contributed by atoms with E-state index in [1.807, 2.05) is 12.2 Å². The van der Waals surface area contributed by atoms with Crippen molar-refractivity contribution in [1.29, 1.82) is 0 Å². The zero-order valence-corrected chi connectivity index (χ0v) is 63.9. The number of rotatable bonds is 70. The van der Waals surface area contributed by atoms with Crippen molar-refractivity contribution in [1.82, 2.24) is 0 Å². The third kappa shape index (κ3) is 71.3. The minimum absolute atomic E-state index is 0.0621. The monoisotopic (exact) mass is 1440 g/mol. The fraction of sp³-hybridized carbons (Fsp3) is 0.654. The van der Waals surface area contributed by atoms with Crippen LogP contribution in [-0.2, 0) is 65.4 Å². The van der Waals surface area contributed by atoms with E-state index >= 15 is 0 Å². The molecule has 5 unspecified atom stereocenters. The van der Waals surface area contributed by atoms with E-state index in [2.05, 4.69) is 161 Å². The number of carbonyl (C=O) groups is 4. The standard InChI is InChI=1S/C81H134O17P2/c1-5-9-13-17-21-25-29-33-36-37-40-43-46-50-54-58-62-66-79(84)92-72-77(98-81(86)68-64-60-56-52-48-44-39-35-31-27-23-19-15-11-7-3)74-96-100(89,90)94-70-75(82)69-93-99(87,88)95-73-76(97-80(85)67-63-59-55-51-47-41-32-28-24-20-16-12-8-4)71-91-78(83)65-61-57-53-49-45-42-38-34-30-26-22-18-14-10-6-2/h9-10,13-14,16,20-23,25-28,32-36,38-40,43,50,54,75-77,82H,5-8,11-12,15,17-19,24,29-31,37,41-42,44-49,51-53,55-74H2,1-4H3,(H,87,88)(H,89,90)/b13-9-,14-10-,20-16-,25-21-,26-22-,27-23-,32-28-,36-33-,38-34-,39-35-,43-40-,54-50-. The molecule has 0 aliphatic carbocycles. The number of phosphoric acid groups is 2. The number of aliphatic hydroxyl groups is 1. The lowest BCUT2D eigenvalue weighted by Crippen LogP contribution is -2.30. The van der Waals surface area contributed by atoms with Crippen molar-refractivity contribution >= 4 is 39.5 Å². The van der Waals surface area contributed by atoms with Crippen LogP contribution in [0.3, 0.4) is 0 Å². The van der Waals surface area contributed by atoms with Gasteiger partial charge in [-0.1, -0.05) is 251 Å². The van der Waals surface area contributed by atoms with Crippen molar-refractivity contribution in [3.05, 3.63) is 146 Å². The average molecular weight is 1440 g/mol. The van der Waals surface area contributed by atoms with Crippen LogP contribution in [0, 0.1) is 0 Å². The highest BCUT2D eigenvalue weighted by molar-refractivity contribution is 7.47. The van der Waals surface area contributed by atoms with Gasteiger partial charge in [0.2, 0.25) is 0 Å². The van der Waals surface area contributed by atoms with Crippen LogP contribution < -0.4 is 0 Å². The first-order valence-electron chi connectivity index (χ1n) is 38.1. The summed E-state index contributed by atoms with van der Waals surface area (Å²) in [6.07, 6.45) is 81.3. The smallest absolute Gasteiger partial charge is 0.462 e. The molecule has 0 aliphatic rings. The summed E-state index contributed by atoms with van der Waals surface area (Å²) in [4.78, 5) is 72.8. The molecule has 0 aliphatic heterocycles. The van der Waals surface area contributed by atoms with Crippen molar-refractivity contribution in [2.24, 2.45) is 0 Å². The second-order valence-corrected chi connectivity index (χ2v) is 27.7. The maximum atomic E-state index is 13.1. The van der Waals surface area contributed by atoms with Gasteiger partial charge in [-0.15, -0.1) is 0 Å². The van der Waals surface area contributed by atoms with Gasteiger partial charge >= 0.3 is 39.5 Å². The largest absolute Gasteiger partial charge is 0.472 e. The van der Waals surface area contributed by atoms with Crippen LogP contribution in [-0.4, -0.2) is 96.7 Å². The molecule has 0 amide bonds. The molecular weight excluding hydrogens is 1310 g/mol. The maximum Gasteiger partial charge on any atom is 0.472 e. The third-order valence-corrected chi connectivity index (χ3v) is 17.2. The lowest BCUT2D eigenvalue weighted by atomic mass is 10.1. The SMILES string of the molecule is CC/C=C\C/C=C\C/C=C\C/C=C\C/C=C\CCCC(=O)OCC(COP(=O)(O)OCC(O)COP(=O)(O)OCC(COC(=O)CCCCCCC/C=C\C/C=C\C/C=C\CC)OC(=O)CCCCCCC/C=C\C/C=C\CCC)OC(=O)CCCCCCC/C=C\C/C=C\CCCCC. The predicted octanol–water partition coefficient (Wildman–Crippen LogP) is 21.9. The summed E-state index contributed by atoms with van der Waals surface area (Å²) in [5, 5.41) is 10.6. The highest BCUT2D eigenvalue weighted by atomic mass is 31.2. The molecule has 0 rings (SSSR count). The molecule has 570 valence electrons. The van der Waals surface area contributed by atoms with Crippen molar-refractivity contribution in [3.63, 3.8) is 0 Å². The van der Waals surface area contributed by atoms with Crippen LogP contribution in [0.1, 0.15) is 285 Å². The van der Waals surface area contributed by atoms with E-state index in [1.165, 1.54) is 19.3 Å². The first-order chi connectivity index (χ1) is 48.7. The van der Waals surface area contributed by atoms with E-state index in [0.717, 1.165) is 180 Å². The molecule has 0 bridgehead atoms. The Bertz CT molecular complexity index is 2470. The van der Waals surface area contributed by atoms with Gasteiger partial charge in [-0.05, 0) is 154 Å². The molecule has 100 heavy (non-hydrogen) atoms. The molecule has 0 spiro atoms. The van der Waals surface area contributed by atoms with Gasteiger partial charge in [0.15, 0.2) is 12.2 Å². The molecule has 0 aromatic rings. The number of hydrogen-bond acceptors (Lipinski definition) is 15. The zero-order valence-electron chi connectivity index (χ0n) is 62.1. The minimum Gasteiger partial charge on any atom is -0.462 e. The Morgan fingerprint density at radius 1 is 0.290 bits per heavy atom. The Morgan fingerprint density at radius 2 is 0.550 bits per heavy atom. The molecule has 0 aromatic carbocycles. The number of carbonyl (C=O) groups excluding carboxylic acids is 4. The summed E-state index contributed by atoms with van der Waals surface area (Å²) in [7, 11) is -9.99. The molecule has 0 aromatic heterocycles. The van der Waals surface area contributed by atoms with Gasteiger partial charge in [-0.25, -0.2) is 9.13 Å². The number of aliphatic hydroxyl groups excluding tert-OH is 1. The molecule has 5 atom stereocenters. The number of hydrogen-bond donors (Lipinski definition) is 3. The lowest BCUT2D eigenvalue weighted by Gasteiger charge is -2.21. The Balaban J connectivity index is 5.44. The number of phosphoric ester groups is 2. The Labute approximate surface area is 605 Å². The predicted molar refractivity (Wildman–Crippen MR) is 408 cm³/mol. The van der Waals surface area contributed by atoms with Gasteiger partial charge in [0.05, 0.1) is 26.4 Å². The molecule has 0 heterocycles. The van der Waals surface area contributed by atoms with Crippen LogP contribution in [0.15, 0.2) is 146 Å². The van der Waals surface area contributed by atoms with Crippen LogP contribution in [0.2, 0.25) is 0 Å². The summed E-state index contributed by atoms with van der Waals surface area (Å²) in [5.41, 5.74) is 0. The van der Waals surface area contributed by atoms with Gasteiger partial charge in [0.25, 0.3) is 0 Å². The van der Waals surface area contributed by atoms with Gasteiger partial charge < -0.3 is 33.8 Å². The average Bonchev–Trinajstić information content (AvgIpc) is 1.06. The third-order valence-electron chi connectivity index (χ3n) is 15.2. The fourth-order valence-corrected chi connectivity index (χ4v) is 11.1. The molecular formula is C81H134O17P2. The Hall–Kier alpha value is -5.06. The van der Waals surface area contributed by atoms with E-state index in [0.29, 0.717) is 32.1 Å². The zero-order chi connectivity index (χ0) is 73.2. The molecule has 0 radical (unpaired) electrons. The van der Waals surface area contributed by atoms with Gasteiger partial charge in [-0.2, -0.15) is 0 Å². The van der Waals surface area contributed by atoms with Crippen molar-refractivity contribution < 1.29 is 80.2 Å². The summed E-state index contributed by atoms with van der Waals surface area (Å²) in [6.45, 7) is 4.42. The number of esters is 4. The highest BCUT2D eigenvalue weighted by Gasteiger charge is 2.30. The summed E-state index contributed by atoms with van der Waals surface area (Å²) in [6, 6.07) is 0. The van der Waals surface area contributed by atoms with E-state index in [-0.39, 0.29) is 25.7 Å². The fourth-order valence-electron chi connectivity index (χ4n) is 9.51. The normalized spacial score (nSPS) is 14.8. The number of ether oxygens (including phenoxy) is 4. The van der Waals surface area contributed by atoms with Crippen molar-refractivity contribution in [2.75, 3.05) is 39.6 Å². The van der Waals surface area contributed by atoms with E-state index < -0.39 is 97.5 Å². The number of unbranched alkanes of at least 4 members (excludes halogenated alkanes) is 20. The highest BCUT2D eigenvalue weighted by Crippen LogP contribution is 2.45. The lowest BCUT2D eigenvalue weighted by molar-refractivity contribution is -0.161. The minimum atomic E-state index is -5.00. The van der Waals surface area contributed by atoms with Gasteiger partial charge in [0.1, 0.15) is 19.3 Å². The summed E-state index contributed by atoms with van der Waals surface area (Å²) >= 11 is 0. The second kappa shape index (κ2) is 72.3. The van der Waals surface area contributed by atoms with Gasteiger partial charge in [0, 0.05) is 25.7 Å². The van der Waals surface area contributed by atoms with E-state index in [4.69, 9.17) is 37.0 Å². The summed E-state index contributed by atoms with van der Waals surface area (Å²) in [5.74, 6) is -2.30. The quantitative estimate of drug-likeness (QED) is 0.0169.